The molecule has 0 aromatic heterocycles. The monoisotopic (exact) mass is 373 g/mol. The smallest absolute Gasteiger partial charge is 0.305 e. The number of benzene rings is 2. The van der Waals surface area contributed by atoms with Crippen LogP contribution in [0, 0.1) is 0 Å². The fraction of sp³-hybridized carbons (Fsp3) is 0.350. The lowest BCUT2D eigenvalue weighted by atomic mass is 10.0. The first-order valence-electron chi connectivity index (χ1n) is 8.72. The van der Waals surface area contributed by atoms with Crippen molar-refractivity contribution in [2.24, 2.45) is 0 Å². The molecule has 1 heterocycles. The fourth-order valence-electron chi connectivity index (χ4n) is 3.51. The standard InChI is InChI=1S/C20H23NO6/c1-3-27-17-10-12(8-9-16(17)26-2)15(11-18(22)23)21-19(24)13-6-4-5-7-14(13)20(21)25/h4-10,15,19-20,24-25H,3,11H2,1-2H3,(H,22,23). The van der Waals surface area contributed by atoms with Crippen molar-refractivity contribution in [2.75, 3.05) is 13.7 Å². The van der Waals surface area contributed by atoms with Crippen LogP contribution < -0.4 is 9.47 Å². The molecule has 7 nitrogen and oxygen atoms in total. The summed E-state index contributed by atoms with van der Waals surface area (Å²) in [6.07, 6.45) is -2.52. The minimum absolute atomic E-state index is 0.292. The Morgan fingerprint density at radius 2 is 1.74 bits per heavy atom. The molecule has 0 bridgehead atoms. The third-order valence-corrected chi connectivity index (χ3v) is 4.72. The van der Waals surface area contributed by atoms with Crippen molar-refractivity contribution in [2.45, 2.75) is 31.8 Å². The van der Waals surface area contributed by atoms with E-state index in [9.17, 15) is 20.1 Å². The molecule has 3 unspecified atom stereocenters. The SMILES string of the molecule is CCOc1cc(C(CC(=O)O)N2C(O)c3ccccc3C2O)ccc1OC. The number of ether oxygens (including phenoxy) is 2. The average molecular weight is 373 g/mol. The molecule has 7 heteroatoms. The average Bonchev–Trinajstić information content (AvgIpc) is 2.91. The van der Waals surface area contributed by atoms with Crippen LogP contribution >= 0.6 is 0 Å². The lowest BCUT2D eigenvalue weighted by Crippen LogP contribution is -2.32. The normalized spacial score (nSPS) is 20.1. The molecule has 3 N–H and O–H groups in total. The van der Waals surface area contributed by atoms with Gasteiger partial charge < -0.3 is 24.8 Å². The van der Waals surface area contributed by atoms with Crippen molar-refractivity contribution in [3.05, 3.63) is 59.2 Å². The van der Waals surface area contributed by atoms with Crippen LogP contribution in [0.1, 0.15) is 48.5 Å². The summed E-state index contributed by atoms with van der Waals surface area (Å²) in [6, 6.07) is 11.3. The zero-order valence-electron chi connectivity index (χ0n) is 15.2. The van der Waals surface area contributed by atoms with Gasteiger partial charge in [-0.15, -0.1) is 0 Å². The summed E-state index contributed by atoms with van der Waals surface area (Å²) in [5.41, 5.74) is 1.74. The number of aliphatic carboxylic acids is 1. The van der Waals surface area contributed by atoms with E-state index < -0.39 is 24.5 Å². The van der Waals surface area contributed by atoms with Crippen molar-refractivity contribution in [3.8, 4) is 11.5 Å². The Labute approximate surface area is 157 Å². The molecule has 0 aliphatic carbocycles. The second-order valence-electron chi connectivity index (χ2n) is 6.28. The number of hydrogen-bond acceptors (Lipinski definition) is 6. The third kappa shape index (κ3) is 3.62. The zero-order valence-corrected chi connectivity index (χ0v) is 15.2. The molecule has 1 aliphatic rings. The molecule has 27 heavy (non-hydrogen) atoms. The Morgan fingerprint density at radius 3 is 2.26 bits per heavy atom. The van der Waals surface area contributed by atoms with Crippen molar-refractivity contribution in [1.29, 1.82) is 0 Å². The van der Waals surface area contributed by atoms with Gasteiger partial charge in [0.05, 0.1) is 26.2 Å². The molecule has 144 valence electrons. The van der Waals surface area contributed by atoms with Crippen LogP contribution in [0.3, 0.4) is 0 Å². The Morgan fingerprint density at radius 1 is 1.11 bits per heavy atom. The lowest BCUT2D eigenvalue weighted by Gasteiger charge is -2.33. The number of carbonyl (C=O) groups is 1. The van der Waals surface area contributed by atoms with Gasteiger partial charge in [0.2, 0.25) is 0 Å². The number of nitrogens with zero attached hydrogens (tertiary/aromatic N) is 1. The van der Waals surface area contributed by atoms with Crippen LogP contribution in [-0.4, -0.2) is 39.9 Å². The Balaban J connectivity index is 2.03. The molecule has 0 saturated heterocycles. The highest BCUT2D eigenvalue weighted by Crippen LogP contribution is 2.46. The van der Waals surface area contributed by atoms with Crippen LogP contribution in [0.2, 0.25) is 0 Å². The zero-order chi connectivity index (χ0) is 19.6. The van der Waals surface area contributed by atoms with E-state index in [1.165, 1.54) is 12.0 Å². The number of fused-ring (bicyclic) bond motifs is 1. The van der Waals surface area contributed by atoms with E-state index in [1.54, 1.807) is 42.5 Å². The highest BCUT2D eigenvalue weighted by atomic mass is 16.5. The van der Waals surface area contributed by atoms with Crippen LogP contribution in [0.25, 0.3) is 0 Å². The maximum absolute atomic E-state index is 11.5. The summed E-state index contributed by atoms with van der Waals surface area (Å²) in [7, 11) is 1.52. The number of aliphatic hydroxyl groups is 2. The van der Waals surface area contributed by atoms with E-state index in [-0.39, 0.29) is 6.42 Å². The number of methoxy groups -OCH3 is 1. The molecule has 2 aromatic carbocycles. The number of carboxylic acid groups (broad SMARTS) is 1. The molecular weight excluding hydrogens is 350 g/mol. The summed E-state index contributed by atoms with van der Waals surface area (Å²) in [5.74, 6) is -0.0295. The molecule has 1 aliphatic heterocycles. The number of aliphatic hydroxyl groups excluding tert-OH is 2. The van der Waals surface area contributed by atoms with Crippen molar-refractivity contribution in [3.63, 3.8) is 0 Å². The molecule has 0 saturated carbocycles. The summed E-state index contributed by atoms with van der Waals surface area (Å²) in [5, 5.41) is 30.9. The van der Waals surface area contributed by atoms with Gasteiger partial charge in [0.25, 0.3) is 0 Å². The molecule has 0 fully saturated rings. The first-order valence-corrected chi connectivity index (χ1v) is 8.72. The molecule has 0 amide bonds. The van der Waals surface area contributed by atoms with Crippen LogP contribution in [-0.2, 0) is 4.79 Å². The van der Waals surface area contributed by atoms with Crippen molar-refractivity contribution >= 4 is 5.97 Å². The lowest BCUT2D eigenvalue weighted by molar-refractivity contribution is -0.145. The van der Waals surface area contributed by atoms with E-state index in [0.717, 1.165) is 0 Å². The van der Waals surface area contributed by atoms with Crippen LogP contribution in [0.15, 0.2) is 42.5 Å². The van der Waals surface area contributed by atoms with Crippen molar-refractivity contribution < 1.29 is 29.6 Å². The first kappa shape index (κ1) is 19.2. The molecule has 3 atom stereocenters. The van der Waals surface area contributed by atoms with E-state index in [0.29, 0.717) is 34.8 Å². The third-order valence-electron chi connectivity index (χ3n) is 4.72. The number of carboxylic acids is 1. The Bertz CT molecular complexity index is 795. The highest BCUT2D eigenvalue weighted by Gasteiger charge is 2.41. The second-order valence-corrected chi connectivity index (χ2v) is 6.28. The van der Waals surface area contributed by atoms with Gasteiger partial charge in [0, 0.05) is 11.1 Å². The Hall–Kier alpha value is -2.61. The summed E-state index contributed by atoms with van der Waals surface area (Å²) < 4.78 is 10.9. The maximum atomic E-state index is 11.5. The Kier molecular flexibility index (Phi) is 5.65. The summed E-state index contributed by atoms with van der Waals surface area (Å²) in [4.78, 5) is 12.9. The summed E-state index contributed by atoms with van der Waals surface area (Å²) >= 11 is 0. The maximum Gasteiger partial charge on any atom is 0.305 e. The second kappa shape index (κ2) is 7.96. The van der Waals surface area contributed by atoms with Crippen molar-refractivity contribution in [1.82, 2.24) is 4.90 Å². The van der Waals surface area contributed by atoms with Crippen LogP contribution in [0.4, 0.5) is 0 Å². The van der Waals surface area contributed by atoms with E-state index in [1.807, 2.05) is 6.92 Å². The van der Waals surface area contributed by atoms with Gasteiger partial charge >= 0.3 is 5.97 Å². The van der Waals surface area contributed by atoms with Gasteiger partial charge in [-0.1, -0.05) is 30.3 Å². The number of hydrogen-bond donors (Lipinski definition) is 3. The summed E-state index contributed by atoms with van der Waals surface area (Å²) in [6.45, 7) is 2.26. The minimum Gasteiger partial charge on any atom is -0.493 e. The molecular formula is C20H23NO6. The van der Waals surface area contributed by atoms with Gasteiger partial charge in [0.1, 0.15) is 12.5 Å². The van der Waals surface area contributed by atoms with Gasteiger partial charge in [-0.25, -0.2) is 4.90 Å². The van der Waals surface area contributed by atoms with E-state index in [4.69, 9.17) is 9.47 Å². The quantitative estimate of drug-likeness (QED) is 0.686. The van der Waals surface area contributed by atoms with E-state index >= 15 is 0 Å². The van der Waals surface area contributed by atoms with E-state index in [2.05, 4.69) is 0 Å². The van der Waals surface area contributed by atoms with Gasteiger partial charge in [0.15, 0.2) is 11.5 Å². The topological polar surface area (TPSA) is 99.5 Å². The van der Waals surface area contributed by atoms with Crippen LogP contribution in [0.5, 0.6) is 11.5 Å². The largest absolute Gasteiger partial charge is 0.493 e. The molecule has 0 radical (unpaired) electrons. The van der Waals surface area contributed by atoms with Gasteiger partial charge in [-0.2, -0.15) is 0 Å². The molecule has 2 aromatic rings. The fourth-order valence-corrected chi connectivity index (χ4v) is 3.51. The molecule has 3 rings (SSSR count). The number of rotatable bonds is 7. The first-order chi connectivity index (χ1) is 13.0. The predicted molar refractivity (Wildman–Crippen MR) is 97.4 cm³/mol. The highest BCUT2D eigenvalue weighted by molar-refractivity contribution is 5.68. The predicted octanol–water partition coefficient (Wildman–Crippen LogP) is 2.61. The van der Waals surface area contributed by atoms with Gasteiger partial charge in [-0.3, -0.25) is 4.79 Å². The molecule has 0 spiro atoms. The van der Waals surface area contributed by atoms with Gasteiger partial charge in [-0.05, 0) is 24.6 Å². The minimum atomic E-state index is -1.11.